The average molecular weight is 403 g/mol. The monoisotopic (exact) mass is 402 g/mol. The molecule has 0 unspecified atom stereocenters. The minimum Gasteiger partial charge on any atom is -0.338 e. The first-order chi connectivity index (χ1) is 13.0. The van der Waals surface area contributed by atoms with E-state index >= 15 is 0 Å². The maximum Gasteiger partial charge on any atom is 0.319 e. The van der Waals surface area contributed by atoms with Crippen LogP contribution < -0.4 is 10.6 Å². The van der Waals surface area contributed by atoms with Gasteiger partial charge in [0.15, 0.2) is 0 Å². The molecule has 0 bridgehead atoms. The SMILES string of the molecule is Cc1nn(-c2ccccc2)cc1CCCNC(=O)Nc1cc(Cl)ccc1Cl. The van der Waals surface area contributed by atoms with Crippen LogP contribution in [0.15, 0.2) is 54.7 Å². The average Bonchev–Trinajstić information content (AvgIpc) is 3.03. The van der Waals surface area contributed by atoms with Gasteiger partial charge in [0.05, 0.1) is 22.1 Å². The van der Waals surface area contributed by atoms with Crippen LogP contribution in [-0.2, 0) is 6.42 Å². The maximum absolute atomic E-state index is 12.0. The van der Waals surface area contributed by atoms with Crippen molar-refractivity contribution < 1.29 is 4.79 Å². The molecule has 5 nitrogen and oxygen atoms in total. The van der Waals surface area contributed by atoms with Gasteiger partial charge in [-0.25, -0.2) is 9.48 Å². The summed E-state index contributed by atoms with van der Waals surface area (Å²) in [5, 5.41) is 11.0. The molecule has 3 rings (SSSR count). The minimum absolute atomic E-state index is 0.309. The van der Waals surface area contributed by atoms with Gasteiger partial charge in [-0.1, -0.05) is 41.4 Å². The fourth-order valence-electron chi connectivity index (χ4n) is 2.69. The number of urea groups is 1. The number of amides is 2. The molecule has 27 heavy (non-hydrogen) atoms. The second kappa shape index (κ2) is 8.93. The number of nitrogens with one attached hydrogen (secondary N) is 2. The molecule has 7 heteroatoms. The van der Waals surface area contributed by atoms with Crippen molar-refractivity contribution in [2.75, 3.05) is 11.9 Å². The van der Waals surface area contributed by atoms with Crippen molar-refractivity contribution in [1.82, 2.24) is 15.1 Å². The zero-order valence-corrected chi connectivity index (χ0v) is 16.4. The lowest BCUT2D eigenvalue weighted by molar-refractivity contribution is 0.252. The predicted molar refractivity (Wildman–Crippen MR) is 110 cm³/mol. The second-order valence-corrected chi connectivity index (χ2v) is 6.97. The Hall–Kier alpha value is -2.50. The molecule has 1 aromatic heterocycles. The molecule has 1 heterocycles. The van der Waals surface area contributed by atoms with Gasteiger partial charge in [0.25, 0.3) is 0 Å². The number of hydrogen-bond acceptors (Lipinski definition) is 2. The molecule has 0 aliphatic rings. The van der Waals surface area contributed by atoms with Gasteiger partial charge in [0, 0.05) is 17.8 Å². The highest BCUT2D eigenvalue weighted by Crippen LogP contribution is 2.25. The van der Waals surface area contributed by atoms with E-state index in [1.165, 1.54) is 5.56 Å². The van der Waals surface area contributed by atoms with Crippen LogP contribution in [-0.4, -0.2) is 22.4 Å². The van der Waals surface area contributed by atoms with Crippen LogP contribution in [0.4, 0.5) is 10.5 Å². The summed E-state index contributed by atoms with van der Waals surface area (Å²) < 4.78 is 1.88. The Kier molecular flexibility index (Phi) is 6.37. The van der Waals surface area contributed by atoms with Crippen LogP contribution >= 0.6 is 23.2 Å². The Morgan fingerprint density at radius 3 is 2.70 bits per heavy atom. The number of hydrogen-bond donors (Lipinski definition) is 2. The molecule has 0 aliphatic heterocycles. The van der Waals surface area contributed by atoms with Gasteiger partial charge in [-0.05, 0) is 55.7 Å². The summed E-state index contributed by atoms with van der Waals surface area (Å²) in [5.74, 6) is 0. The van der Waals surface area contributed by atoms with Gasteiger partial charge in [-0.3, -0.25) is 0 Å². The van der Waals surface area contributed by atoms with E-state index in [9.17, 15) is 4.79 Å². The molecular formula is C20H20Cl2N4O. The molecule has 140 valence electrons. The topological polar surface area (TPSA) is 59.0 Å². The van der Waals surface area contributed by atoms with E-state index in [1.807, 2.05) is 48.1 Å². The Bertz CT molecular complexity index is 925. The van der Waals surface area contributed by atoms with Gasteiger partial charge in [0.2, 0.25) is 0 Å². The molecule has 2 amide bonds. The molecule has 2 N–H and O–H groups in total. The van der Waals surface area contributed by atoms with Crippen molar-refractivity contribution in [1.29, 1.82) is 0 Å². The lowest BCUT2D eigenvalue weighted by atomic mass is 10.1. The third-order valence-corrected chi connectivity index (χ3v) is 4.67. The fraction of sp³-hybridized carbons (Fsp3) is 0.200. The number of nitrogens with zero attached hydrogens (tertiary/aromatic N) is 2. The van der Waals surface area contributed by atoms with Crippen LogP contribution in [0.3, 0.4) is 0 Å². The Morgan fingerprint density at radius 1 is 1.15 bits per heavy atom. The number of halogens is 2. The zero-order valence-electron chi connectivity index (χ0n) is 14.9. The smallest absolute Gasteiger partial charge is 0.319 e. The van der Waals surface area contributed by atoms with Crippen LogP contribution in [0.5, 0.6) is 0 Å². The van der Waals surface area contributed by atoms with Crippen LogP contribution in [0.1, 0.15) is 17.7 Å². The summed E-state index contributed by atoms with van der Waals surface area (Å²) in [6.07, 6.45) is 3.67. The van der Waals surface area contributed by atoms with E-state index in [2.05, 4.69) is 15.7 Å². The summed E-state index contributed by atoms with van der Waals surface area (Å²) in [4.78, 5) is 12.0. The van der Waals surface area contributed by atoms with E-state index in [-0.39, 0.29) is 6.03 Å². The van der Waals surface area contributed by atoms with Gasteiger partial charge in [-0.2, -0.15) is 5.10 Å². The maximum atomic E-state index is 12.0. The van der Waals surface area contributed by atoms with Crippen molar-refractivity contribution in [3.63, 3.8) is 0 Å². The van der Waals surface area contributed by atoms with Crippen molar-refractivity contribution >= 4 is 34.9 Å². The van der Waals surface area contributed by atoms with Gasteiger partial charge in [0.1, 0.15) is 0 Å². The third-order valence-electron chi connectivity index (χ3n) is 4.11. The number of benzene rings is 2. The highest BCUT2D eigenvalue weighted by atomic mass is 35.5. The molecule has 0 fully saturated rings. The van der Waals surface area contributed by atoms with E-state index in [1.54, 1.807) is 18.2 Å². The normalized spacial score (nSPS) is 10.6. The van der Waals surface area contributed by atoms with E-state index in [0.29, 0.717) is 22.3 Å². The summed E-state index contributed by atoms with van der Waals surface area (Å²) in [6, 6.07) is 14.6. The standard InChI is InChI=1S/C20H20Cl2N4O/c1-14-15(13-26(25-14)17-7-3-2-4-8-17)6-5-11-23-20(27)24-19-12-16(21)9-10-18(19)22/h2-4,7-10,12-13H,5-6,11H2,1H3,(H2,23,24,27). The Morgan fingerprint density at radius 2 is 1.93 bits per heavy atom. The van der Waals surface area contributed by atoms with Crippen molar-refractivity contribution in [2.24, 2.45) is 0 Å². The van der Waals surface area contributed by atoms with E-state index in [4.69, 9.17) is 23.2 Å². The third kappa shape index (κ3) is 5.25. The summed E-state index contributed by atoms with van der Waals surface area (Å²) in [5.41, 5.74) is 3.68. The summed E-state index contributed by atoms with van der Waals surface area (Å²) >= 11 is 12.0. The fourth-order valence-corrected chi connectivity index (χ4v) is 3.03. The zero-order chi connectivity index (χ0) is 19.2. The lowest BCUT2D eigenvalue weighted by Gasteiger charge is -2.09. The molecule has 0 radical (unpaired) electrons. The Labute approximate surface area is 168 Å². The predicted octanol–water partition coefficient (Wildman–Crippen LogP) is 5.24. The van der Waals surface area contributed by atoms with Crippen LogP contribution in [0, 0.1) is 6.92 Å². The second-order valence-electron chi connectivity index (χ2n) is 6.13. The largest absolute Gasteiger partial charge is 0.338 e. The molecule has 0 atom stereocenters. The molecule has 2 aromatic carbocycles. The van der Waals surface area contributed by atoms with Crippen LogP contribution in [0.2, 0.25) is 10.0 Å². The molecule has 0 spiro atoms. The first-order valence-corrected chi connectivity index (χ1v) is 9.39. The Balaban J connectivity index is 1.48. The van der Waals surface area contributed by atoms with E-state index in [0.717, 1.165) is 24.2 Å². The number of aromatic nitrogens is 2. The number of carbonyl (C=O) groups excluding carboxylic acids is 1. The summed E-state index contributed by atoms with van der Waals surface area (Å²) in [6.45, 7) is 2.54. The molecule has 0 aliphatic carbocycles. The highest BCUT2D eigenvalue weighted by Gasteiger charge is 2.08. The first kappa shape index (κ1) is 19.3. The van der Waals surface area contributed by atoms with Crippen molar-refractivity contribution in [3.8, 4) is 5.69 Å². The van der Waals surface area contributed by atoms with Crippen molar-refractivity contribution in [2.45, 2.75) is 19.8 Å². The van der Waals surface area contributed by atoms with Gasteiger partial charge in [-0.15, -0.1) is 0 Å². The number of anilines is 1. The van der Waals surface area contributed by atoms with Gasteiger partial charge >= 0.3 is 6.03 Å². The molecule has 0 saturated carbocycles. The molecular weight excluding hydrogens is 383 g/mol. The van der Waals surface area contributed by atoms with Crippen LogP contribution in [0.25, 0.3) is 5.69 Å². The minimum atomic E-state index is -0.309. The lowest BCUT2D eigenvalue weighted by Crippen LogP contribution is -2.29. The van der Waals surface area contributed by atoms with E-state index < -0.39 is 0 Å². The van der Waals surface area contributed by atoms with Gasteiger partial charge < -0.3 is 10.6 Å². The highest BCUT2D eigenvalue weighted by molar-refractivity contribution is 6.35. The number of para-hydroxylation sites is 1. The molecule has 3 aromatic rings. The number of aryl methyl sites for hydroxylation is 2. The number of rotatable bonds is 6. The molecule has 0 saturated heterocycles. The first-order valence-electron chi connectivity index (χ1n) is 8.63. The quantitative estimate of drug-likeness (QED) is 0.553. The number of carbonyl (C=O) groups is 1. The van der Waals surface area contributed by atoms with Crippen molar-refractivity contribution in [3.05, 3.63) is 76.0 Å². The summed E-state index contributed by atoms with van der Waals surface area (Å²) in [7, 11) is 0.